The molecule has 0 aliphatic rings. The molecule has 0 spiro atoms. The second-order valence-electron chi connectivity index (χ2n) is 4.00. The largest absolute Gasteiger partial charge is 0.320 e. The Morgan fingerprint density at radius 2 is 1.90 bits per heavy atom. The number of carbonyl (C=O) groups excluding carboxylic acids is 1. The highest BCUT2D eigenvalue weighted by atomic mass is 79.9. The number of amides is 1. The van der Waals surface area contributed by atoms with E-state index in [9.17, 15) is 4.79 Å². The summed E-state index contributed by atoms with van der Waals surface area (Å²) < 4.78 is 0.714. The van der Waals surface area contributed by atoms with Crippen molar-refractivity contribution < 1.29 is 4.79 Å². The summed E-state index contributed by atoms with van der Waals surface area (Å²) in [5.74, 6) is -0.460. The highest BCUT2D eigenvalue weighted by molar-refractivity contribution is 9.10. The number of hydrogen-bond acceptors (Lipinski definition) is 2. The summed E-state index contributed by atoms with van der Waals surface area (Å²) >= 11 is 21.1. The van der Waals surface area contributed by atoms with Crippen molar-refractivity contribution in [2.75, 3.05) is 5.32 Å². The predicted octanol–water partition coefficient (Wildman–Crippen LogP) is 5.37. The van der Waals surface area contributed by atoms with Crippen molar-refractivity contribution in [3.63, 3.8) is 0 Å². The van der Waals surface area contributed by atoms with Crippen LogP contribution in [0, 0.1) is 6.92 Å². The number of nitrogens with zero attached hydrogens (tertiary/aromatic N) is 1. The van der Waals surface area contributed by atoms with Crippen LogP contribution in [0.5, 0.6) is 0 Å². The van der Waals surface area contributed by atoms with Gasteiger partial charge in [-0.05, 0) is 52.7 Å². The van der Waals surface area contributed by atoms with E-state index in [-0.39, 0.29) is 15.9 Å². The van der Waals surface area contributed by atoms with Gasteiger partial charge in [0, 0.05) is 9.50 Å². The molecule has 104 valence electrons. The SMILES string of the molecule is Cc1cc(Br)c(NC(=O)c2nc(Cl)ccc2Cl)cc1Cl. The first kappa shape index (κ1) is 15.6. The molecule has 7 heteroatoms. The van der Waals surface area contributed by atoms with Crippen LogP contribution in [-0.2, 0) is 0 Å². The van der Waals surface area contributed by atoms with E-state index in [1.54, 1.807) is 6.07 Å². The molecule has 0 saturated heterocycles. The van der Waals surface area contributed by atoms with E-state index in [1.165, 1.54) is 12.1 Å². The lowest BCUT2D eigenvalue weighted by atomic mass is 10.2. The van der Waals surface area contributed by atoms with Gasteiger partial charge in [-0.1, -0.05) is 34.8 Å². The quantitative estimate of drug-likeness (QED) is 0.696. The van der Waals surface area contributed by atoms with Crippen LogP contribution in [0.15, 0.2) is 28.7 Å². The summed E-state index contributed by atoms with van der Waals surface area (Å²) in [7, 11) is 0. The fourth-order valence-electron chi connectivity index (χ4n) is 1.50. The van der Waals surface area contributed by atoms with Crippen LogP contribution in [0.4, 0.5) is 5.69 Å². The maximum atomic E-state index is 12.2. The van der Waals surface area contributed by atoms with Crippen molar-refractivity contribution in [1.82, 2.24) is 4.98 Å². The molecule has 0 radical (unpaired) electrons. The molecular formula is C13H8BrCl3N2O. The molecule has 1 heterocycles. The predicted molar refractivity (Wildman–Crippen MR) is 86.1 cm³/mol. The Labute approximate surface area is 139 Å². The number of carbonyl (C=O) groups is 1. The van der Waals surface area contributed by atoms with E-state index in [2.05, 4.69) is 26.2 Å². The van der Waals surface area contributed by atoms with Gasteiger partial charge in [-0.15, -0.1) is 0 Å². The van der Waals surface area contributed by atoms with Crippen molar-refractivity contribution in [3.05, 3.63) is 55.2 Å². The summed E-state index contributed by atoms with van der Waals surface area (Å²) in [6.45, 7) is 1.87. The zero-order valence-electron chi connectivity index (χ0n) is 10.2. The van der Waals surface area contributed by atoms with Crippen molar-refractivity contribution in [2.24, 2.45) is 0 Å². The fourth-order valence-corrected chi connectivity index (χ4v) is 2.56. The standard InChI is InChI=1S/C13H8BrCl3N2O/c1-6-4-7(14)10(5-9(6)16)18-13(20)12-8(15)2-3-11(17)19-12/h2-5H,1H3,(H,18,20). The van der Waals surface area contributed by atoms with E-state index in [0.717, 1.165) is 5.56 Å². The zero-order chi connectivity index (χ0) is 14.9. The monoisotopic (exact) mass is 392 g/mol. The van der Waals surface area contributed by atoms with E-state index >= 15 is 0 Å². The second-order valence-corrected chi connectivity index (χ2v) is 6.06. The van der Waals surface area contributed by atoms with Gasteiger partial charge in [0.25, 0.3) is 5.91 Å². The van der Waals surface area contributed by atoms with E-state index in [4.69, 9.17) is 34.8 Å². The van der Waals surface area contributed by atoms with Crippen molar-refractivity contribution in [1.29, 1.82) is 0 Å². The molecule has 0 fully saturated rings. The molecule has 0 aliphatic heterocycles. The summed E-state index contributed by atoms with van der Waals surface area (Å²) in [6, 6.07) is 6.49. The Kier molecular flexibility index (Phi) is 4.91. The van der Waals surface area contributed by atoms with Crippen LogP contribution in [0.3, 0.4) is 0 Å². The molecule has 0 saturated carbocycles. The third kappa shape index (κ3) is 3.44. The van der Waals surface area contributed by atoms with Crippen LogP contribution >= 0.6 is 50.7 Å². The Morgan fingerprint density at radius 1 is 1.20 bits per heavy atom. The smallest absolute Gasteiger partial charge is 0.275 e. The molecule has 1 aromatic carbocycles. The second kappa shape index (κ2) is 6.31. The first-order chi connectivity index (χ1) is 9.38. The fraction of sp³-hybridized carbons (Fsp3) is 0.0769. The maximum absolute atomic E-state index is 12.2. The first-order valence-corrected chi connectivity index (χ1v) is 7.40. The van der Waals surface area contributed by atoms with Crippen LogP contribution in [0.2, 0.25) is 15.2 Å². The minimum atomic E-state index is -0.460. The number of benzene rings is 1. The zero-order valence-corrected chi connectivity index (χ0v) is 14.0. The topological polar surface area (TPSA) is 42.0 Å². The van der Waals surface area contributed by atoms with E-state index in [0.29, 0.717) is 15.2 Å². The number of nitrogens with one attached hydrogen (secondary N) is 1. The van der Waals surface area contributed by atoms with Gasteiger partial charge in [-0.25, -0.2) is 4.98 Å². The van der Waals surface area contributed by atoms with E-state index < -0.39 is 5.91 Å². The lowest BCUT2D eigenvalue weighted by Crippen LogP contribution is -2.15. The van der Waals surface area contributed by atoms with Gasteiger partial charge in [-0.3, -0.25) is 4.79 Å². The molecule has 1 aromatic heterocycles. The molecule has 0 atom stereocenters. The number of aromatic nitrogens is 1. The number of halogens is 4. The molecule has 20 heavy (non-hydrogen) atoms. The van der Waals surface area contributed by atoms with Gasteiger partial charge in [-0.2, -0.15) is 0 Å². The van der Waals surface area contributed by atoms with Crippen LogP contribution in [0.25, 0.3) is 0 Å². The van der Waals surface area contributed by atoms with Gasteiger partial charge in [0.2, 0.25) is 0 Å². The lowest BCUT2D eigenvalue weighted by Gasteiger charge is -2.10. The molecule has 0 aliphatic carbocycles. The number of pyridine rings is 1. The summed E-state index contributed by atoms with van der Waals surface area (Å²) in [5, 5.41) is 3.65. The Hall–Kier alpha value is -0.810. The van der Waals surface area contributed by atoms with Gasteiger partial charge >= 0.3 is 0 Å². The highest BCUT2D eigenvalue weighted by Crippen LogP contribution is 2.30. The van der Waals surface area contributed by atoms with Crippen LogP contribution in [0.1, 0.15) is 16.1 Å². The average molecular weight is 394 g/mol. The number of hydrogen-bond donors (Lipinski definition) is 1. The normalized spacial score (nSPS) is 10.4. The molecule has 2 aromatic rings. The van der Waals surface area contributed by atoms with Gasteiger partial charge in [0.1, 0.15) is 10.8 Å². The summed E-state index contributed by atoms with van der Waals surface area (Å²) in [4.78, 5) is 16.1. The third-order valence-corrected chi connectivity index (χ3v) is 4.10. The minimum absolute atomic E-state index is 0.0581. The average Bonchev–Trinajstić information content (AvgIpc) is 2.38. The van der Waals surface area contributed by atoms with Crippen molar-refractivity contribution >= 4 is 62.3 Å². The van der Waals surface area contributed by atoms with Crippen molar-refractivity contribution in [3.8, 4) is 0 Å². The minimum Gasteiger partial charge on any atom is -0.320 e. The van der Waals surface area contributed by atoms with Crippen LogP contribution < -0.4 is 5.32 Å². The number of anilines is 1. The van der Waals surface area contributed by atoms with E-state index in [1.807, 2.05) is 13.0 Å². The highest BCUT2D eigenvalue weighted by Gasteiger charge is 2.15. The third-order valence-electron chi connectivity index (χ3n) is 2.52. The molecule has 0 bridgehead atoms. The Balaban J connectivity index is 2.32. The molecule has 3 nitrogen and oxygen atoms in total. The van der Waals surface area contributed by atoms with Gasteiger partial charge in [0.05, 0.1) is 10.7 Å². The summed E-state index contributed by atoms with van der Waals surface area (Å²) in [5.41, 5.74) is 1.49. The Bertz CT molecular complexity index is 692. The molecule has 1 N–H and O–H groups in total. The van der Waals surface area contributed by atoms with Gasteiger partial charge in [0.15, 0.2) is 0 Å². The Morgan fingerprint density at radius 3 is 2.60 bits per heavy atom. The number of aryl methyl sites for hydroxylation is 1. The number of rotatable bonds is 2. The van der Waals surface area contributed by atoms with Crippen molar-refractivity contribution in [2.45, 2.75) is 6.92 Å². The van der Waals surface area contributed by atoms with Gasteiger partial charge < -0.3 is 5.32 Å². The molecular weight excluding hydrogens is 386 g/mol. The summed E-state index contributed by atoms with van der Waals surface area (Å²) in [6.07, 6.45) is 0. The molecule has 2 rings (SSSR count). The first-order valence-electron chi connectivity index (χ1n) is 5.47. The maximum Gasteiger partial charge on any atom is 0.275 e. The molecule has 0 unspecified atom stereocenters. The molecule has 1 amide bonds. The van der Waals surface area contributed by atoms with Crippen LogP contribution in [-0.4, -0.2) is 10.9 Å². The lowest BCUT2D eigenvalue weighted by molar-refractivity contribution is 0.102.